The van der Waals surface area contributed by atoms with Crippen LogP contribution < -0.4 is 4.74 Å². The Morgan fingerprint density at radius 1 is 1.52 bits per heavy atom. The number of aliphatic carboxylic acids is 1. The van der Waals surface area contributed by atoms with Crippen molar-refractivity contribution >= 4 is 12.4 Å². The second-order valence-electron chi connectivity index (χ2n) is 5.96. The Hall–Kier alpha value is -2.04. The first kappa shape index (κ1) is 15.4. The van der Waals surface area contributed by atoms with Crippen LogP contribution in [-0.2, 0) is 16.0 Å². The lowest BCUT2D eigenvalue weighted by molar-refractivity contribution is -0.146. The van der Waals surface area contributed by atoms with Crippen LogP contribution in [0.4, 0.5) is 0 Å². The van der Waals surface area contributed by atoms with Gasteiger partial charge in [-0.1, -0.05) is 25.1 Å². The molecule has 0 saturated carbocycles. The van der Waals surface area contributed by atoms with Crippen LogP contribution in [-0.4, -0.2) is 34.5 Å². The number of nitrogens with zero attached hydrogens (tertiary/aromatic N) is 1. The highest BCUT2D eigenvalue weighted by molar-refractivity contribution is 5.79. The number of rotatable bonds is 6. The maximum absolute atomic E-state index is 11.7. The predicted molar refractivity (Wildman–Crippen MR) is 78.3 cm³/mol. The smallest absolute Gasteiger partial charge is 0.331 e. The van der Waals surface area contributed by atoms with Crippen molar-refractivity contribution in [2.45, 2.75) is 45.3 Å². The maximum atomic E-state index is 11.7. The summed E-state index contributed by atoms with van der Waals surface area (Å²) in [6.07, 6.45) is 2.03. The second kappa shape index (κ2) is 5.76. The Bertz CT molecular complexity index is 553. The van der Waals surface area contributed by atoms with Crippen molar-refractivity contribution in [3.63, 3.8) is 0 Å². The molecule has 2 rings (SSSR count). The minimum atomic E-state index is -1.04. The normalized spacial score (nSPS) is 16.7. The van der Waals surface area contributed by atoms with Crippen LogP contribution in [0.2, 0.25) is 0 Å². The van der Waals surface area contributed by atoms with Gasteiger partial charge in [0.05, 0.1) is 0 Å². The lowest BCUT2D eigenvalue weighted by Crippen LogP contribution is -2.34. The van der Waals surface area contributed by atoms with Crippen LogP contribution in [0.25, 0.3) is 0 Å². The van der Waals surface area contributed by atoms with E-state index in [1.165, 1.54) is 4.90 Å². The average Bonchev–Trinajstić information content (AvgIpc) is 2.72. The molecule has 21 heavy (non-hydrogen) atoms. The molecule has 1 heterocycles. The van der Waals surface area contributed by atoms with Gasteiger partial charge in [0.25, 0.3) is 0 Å². The van der Waals surface area contributed by atoms with E-state index in [1.54, 1.807) is 6.07 Å². The van der Waals surface area contributed by atoms with Gasteiger partial charge in [-0.15, -0.1) is 0 Å². The van der Waals surface area contributed by atoms with Crippen LogP contribution in [0, 0.1) is 0 Å². The molecule has 0 saturated heterocycles. The molecule has 0 radical (unpaired) electrons. The van der Waals surface area contributed by atoms with Gasteiger partial charge >= 0.3 is 5.97 Å². The zero-order chi connectivity index (χ0) is 15.6. The van der Waals surface area contributed by atoms with Gasteiger partial charge in [0.1, 0.15) is 11.4 Å². The average molecular weight is 291 g/mol. The number of ether oxygens (including phenoxy) is 1. The van der Waals surface area contributed by atoms with Crippen molar-refractivity contribution in [1.29, 1.82) is 0 Å². The van der Waals surface area contributed by atoms with Crippen molar-refractivity contribution in [3.05, 3.63) is 29.3 Å². The lowest BCUT2D eigenvalue weighted by atomic mass is 9.97. The van der Waals surface area contributed by atoms with E-state index in [0.29, 0.717) is 30.7 Å². The quantitative estimate of drug-likeness (QED) is 0.817. The van der Waals surface area contributed by atoms with Gasteiger partial charge in [-0.25, -0.2) is 4.79 Å². The van der Waals surface area contributed by atoms with Crippen molar-refractivity contribution in [2.75, 3.05) is 6.54 Å². The monoisotopic (exact) mass is 291 g/mol. The van der Waals surface area contributed by atoms with Gasteiger partial charge in [0.15, 0.2) is 6.04 Å². The molecule has 1 amide bonds. The van der Waals surface area contributed by atoms with Gasteiger partial charge in [-0.2, -0.15) is 0 Å². The summed E-state index contributed by atoms with van der Waals surface area (Å²) in [4.78, 5) is 24.3. The third-order valence-electron chi connectivity index (χ3n) is 3.60. The third kappa shape index (κ3) is 3.01. The molecule has 0 spiro atoms. The molecule has 114 valence electrons. The van der Waals surface area contributed by atoms with Crippen LogP contribution in [0.5, 0.6) is 5.75 Å². The number of carbonyl (C=O) groups excluding carboxylic acids is 1. The Kier molecular flexibility index (Phi) is 4.21. The molecule has 5 heteroatoms. The zero-order valence-corrected chi connectivity index (χ0v) is 12.6. The fourth-order valence-electron chi connectivity index (χ4n) is 2.81. The van der Waals surface area contributed by atoms with Gasteiger partial charge in [-0.3, -0.25) is 4.79 Å². The largest absolute Gasteiger partial charge is 0.487 e. The van der Waals surface area contributed by atoms with Crippen molar-refractivity contribution < 1.29 is 19.4 Å². The van der Waals surface area contributed by atoms with Gasteiger partial charge < -0.3 is 14.7 Å². The topological polar surface area (TPSA) is 66.8 Å². The highest BCUT2D eigenvalue weighted by atomic mass is 16.5. The highest BCUT2D eigenvalue weighted by Crippen LogP contribution is 2.41. The Balaban J connectivity index is 2.46. The van der Waals surface area contributed by atoms with Crippen molar-refractivity contribution in [2.24, 2.45) is 0 Å². The molecule has 1 atom stereocenters. The van der Waals surface area contributed by atoms with Crippen molar-refractivity contribution in [1.82, 2.24) is 4.90 Å². The summed E-state index contributed by atoms with van der Waals surface area (Å²) in [7, 11) is 0. The maximum Gasteiger partial charge on any atom is 0.331 e. The molecule has 0 aromatic heterocycles. The second-order valence-corrected chi connectivity index (χ2v) is 5.96. The highest BCUT2D eigenvalue weighted by Gasteiger charge is 2.36. The SMILES string of the molecule is CCCN(C=O)C(C(=O)O)c1cccc2c1OC(C)(C)C2. The summed E-state index contributed by atoms with van der Waals surface area (Å²) < 4.78 is 5.92. The number of carboxylic acid groups (broad SMARTS) is 1. The van der Waals surface area contributed by atoms with E-state index in [-0.39, 0.29) is 5.60 Å². The molecule has 0 fully saturated rings. The number of hydrogen-bond donors (Lipinski definition) is 1. The van der Waals surface area contributed by atoms with Gasteiger partial charge in [-0.05, 0) is 25.8 Å². The number of benzene rings is 1. The van der Waals surface area contributed by atoms with Crippen LogP contribution in [0.15, 0.2) is 18.2 Å². The van der Waals surface area contributed by atoms with E-state index in [1.807, 2.05) is 32.9 Å². The number of amides is 1. The van der Waals surface area contributed by atoms with E-state index in [4.69, 9.17) is 4.74 Å². The zero-order valence-electron chi connectivity index (χ0n) is 12.6. The standard InChI is InChI=1S/C16H21NO4/c1-4-8-17(10-18)13(15(19)20)12-7-5-6-11-9-16(2,3)21-14(11)12/h5-7,10,13H,4,8-9H2,1-3H3,(H,19,20). The molecule has 1 aromatic carbocycles. The number of carbonyl (C=O) groups is 2. The lowest BCUT2D eigenvalue weighted by Gasteiger charge is -2.27. The molecule has 1 aliphatic heterocycles. The first-order valence-electron chi connectivity index (χ1n) is 7.14. The van der Waals surface area contributed by atoms with E-state index in [2.05, 4.69) is 0 Å². The van der Waals surface area contributed by atoms with Gasteiger partial charge in [0.2, 0.25) is 6.41 Å². The Labute approximate surface area is 124 Å². The fourth-order valence-corrected chi connectivity index (χ4v) is 2.81. The number of hydrogen-bond acceptors (Lipinski definition) is 3. The first-order valence-corrected chi connectivity index (χ1v) is 7.14. The summed E-state index contributed by atoms with van der Waals surface area (Å²) in [5.74, 6) is -0.435. The van der Waals surface area contributed by atoms with E-state index >= 15 is 0 Å². The summed E-state index contributed by atoms with van der Waals surface area (Å²) in [6.45, 7) is 6.24. The molecular formula is C16H21NO4. The van der Waals surface area contributed by atoms with E-state index in [9.17, 15) is 14.7 Å². The third-order valence-corrected chi connectivity index (χ3v) is 3.60. The number of carboxylic acids is 1. The summed E-state index contributed by atoms with van der Waals surface area (Å²) in [5, 5.41) is 9.56. The van der Waals surface area contributed by atoms with E-state index < -0.39 is 12.0 Å². The summed E-state index contributed by atoms with van der Waals surface area (Å²) >= 11 is 0. The van der Waals surface area contributed by atoms with Crippen LogP contribution in [0.1, 0.15) is 44.4 Å². The summed E-state index contributed by atoms with van der Waals surface area (Å²) in [6, 6.07) is 4.48. The molecular weight excluding hydrogens is 270 g/mol. The first-order chi connectivity index (χ1) is 9.89. The fraction of sp³-hybridized carbons (Fsp3) is 0.500. The molecule has 0 bridgehead atoms. The summed E-state index contributed by atoms with van der Waals surface area (Å²) in [5.41, 5.74) is 1.19. The molecule has 5 nitrogen and oxygen atoms in total. The van der Waals surface area contributed by atoms with E-state index in [0.717, 1.165) is 12.0 Å². The van der Waals surface area contributed by atoms with Crippen LogP contribution >= 0.6 is 0 Å². The molecule has 1 aliphatic rings. The minimum absolute atomic E-state index is 0.349. The number of para-hydroxylation sites is 1. The molecule has 0 aliphatic carbocycles. The minimum Gasteiger partial charge on any atom is -0.487 e. The molecule has 1 N–H and O–H groups in total. The molecule has 1 unspecified atom stereocenters. The predicted octanol–water partition coefficient (Wildman–Crippen LogP) is 2.39. The Morgan fingerprint density at radius 2 is 2.24 bits per heavy atom. The Morgan fingerprint density at radius 3 is 2.81 bits per heavy atom. The number of fused-ring (bicyclic) bond motifs is 1. The van der Waals surface area contributed by atoms with Gasteiger partial charge in [0, 0.05) is 18.5 Å². The molecule has 1 aromatic rings. The van der Waals surface area contributed by atoms with Crippen LogP contribution in [0.3, 0.4) is 0 Å². The van der Waals surface area contributed by atoms with Crippen molar-refractivity contribution in [3.8, 4) is 5.75 Å².